The fraction of sp³-hybridized carbons (Fsp3) is 0.812. The monoisotopic (exact) mass is 341 g/mol. The van der Waals surface area contributed by atoms with Crippen LogP contribution in [0.1, 0.15) is 40.0 Å². The Balaban J connectivity index is 2.36. The molecule has 1 aliphatic heterocycles. The maximum atomic E-state index is 12.3. The summed E-state index contributed by atoms with van der Waals surface area (Å²) >= 11 is 0. The Morgan fingerprint density at radius 2 is 1.92 bits per heavy atom. The average Bonchev–Trinajstić information content (AvgIpc) is 2.51. The Hall–Kier alpha value is -1.83. The molecule has 0 aliphatic carbocycles. The highest BCUT2D eigenvalue weighted by atomic mass is 16.5. The van der Waals surface area contributed by atoms with Gasteiger partial charge in [0.1, 0.15) is 0 Å². The van der Waals surface area contributed by atoms with Crippen molar-refractivity contribution in [3.63, 3.8) is 0 Å². The van der Waals surface area contributed by atoms with Gasteiger partial charge < -0.3 is 26.4 Å². The van der Waals surface area contributed by atoms with Crippen LogP contribution in [0.4, 0.5) is 0 Å². The molecule has 1 saturated heterocycles. The molecule has 0 spiro atoms. The van der Waals surface area contributed by atoms with Crippen molar-refractivity contribution in [1.29, 1.82) is 0 Å². The number of nitrogens with two attached hydrogens (primary N) is 2. The van der Waals surface area contributed by atoms with Crippen LogP contribution < -0.4 is 16.8 Å². The molecule has 1 rings (SSSR count). The zero-order chi connectivity index (χ0) is 18.1. The van der Waals surface area contributed by atoms with Gasteiger partial charge in [0, 0.05) is 25.6 Å². The molecule has 1 aliphatic rings. The maximum Gasteiger partial charge on any atom is 0.242 e. The molecule has 2 amide bonds. The van der Waals surface area contributed by atoms with E-state index in [0.29, 0.717) is 32.5 Å². The molecule has 0 aromatic carbocycles. The van der Waals surface area contributed by atoms with Gasteiger partial charge in [-0.05, 0) is 33.1 Å². The first-order chi connectivity index (χ1) is 11.3. The van der Waals surface area contributed by atoms with Crippen LogP contribution in [0.25, 0.3) is 0 Å². The summed E-state index contributed by atoms with van der Waals surface area (Å²) in [6.07, 6.45) is 2.18. The number of morpholine rings is 1. The molecule has 3 unspecified atom stereocenters. The Morgan fingerprint density at radius 1 is 1.29 bits per heavy atom. The summed E-state index contributed by atoms with van der Waals surface area (Å²) in [4.78, 5) is 30.1. The number of carbonyl (C=O) groups is 2. The van der Waals surface area contributed by atoms with E-state index in [-0.39, 0.29) is 42.4 Å². The number of nitrogens with one attached hydrogen (secondary N) is 1. The molecular formula is C16H31N5O3. The van der Waals surface area contributed by atoms with Gasteiger partial charge in [-0.3, -0.25) is 14.6 Å². The first-order valence-corrected chi connectivity index (χ1v) is 8.59. The molecule has 1 heterocycles. The van der Waals surface area contributed by atoms with Crippen molar-refractivity contribution in [2.24, 2.45) is 22.4 Å². The summed E-state index contributed by atoms with van der Waals surface area (Å²) in [6.45, 7) is 7.51. The molecule has 8 heteroatoms. The van der Waals surface area contributed by atoms with E-state index in [1.807, 2.05) is 20.8 Å². The minimum Gasteiger partial charge on any atom is -0.372 e. The van der Waals surface area contributed by atoms with E-state index < -0.39 is 0 Å². The molecule has 8 nitrogen and oxygen atoms in total. The van der Waals surface area contributed by atoms with Crippen molar-refractivity contribution in [3.05, 3.63) is 0 Å². The van der Waals surface area contributed by atoms with Gasteiger partial charge in [-0.2, -0.15) is 0 Å². The molecule has 0 saturated carbocycles. The third kappa shape index (κ3) is 7.16. The number of hydrogen-bond acceptors (Lipinski definition) is 4. The SMILES string of the molecule is CCC(CCCN=C(N)N)C(=O)NCC(=O)N1CC(C)OC(C)C1. The van der Waals surface area contributed by atoms with Gasteiger partial charge >= 0.3 is 0 Å². The number of ether oxygens (including phenoxy) is 1. The van der Waals surface area contributed by atoms with E-state index in [0.717, 1.165) is 6.42 Å². The maximum absolute atomic E-state index is 12.3. The summed E-state index contributed by atoms with van der Waals surface area (Å²) < 4.78 is 5.61. The van der Waals surface area contributed by atoms with Crippen LogP contribution >= 0.6 is 0 Å². The molecule has 0 radical (unpaired) electrons. The number of aliphatic imine (C=N–C) groups is 1. The predicted molar refractivity (Wildman–Crippen MR) is 93.3 cm³/mol. The van der Waals surface area contributed by atoms with E-state index in [4.69, 9.17) is 16.2 Å². The molecule has 3 atom stereocenters. The molecule has 0 aromatic heterocycles. The van der Waals surface area contributed by atoms with E-state index >= 15 is 0 Å². The molecular weight excluding hydrogens is 310 g/mol. The van der Waals surface area contributed by atoms with Crippen LogP contribution in [-0.2, 0) is 14.3 Å². The fourth-order valence-electron chi connectivity index (χ4n) is 2.87. The number of rotatable bonds is 8. The van der Waals surface area contributed by atoms with Gasteiger partial charge in [-0.1, -0.05) is 6.92 Å². The summed E-state index contributed by atoms with van der Waals surface area (Å²) in [5, 5.41) is 2.75. The predicted octanol–water partition coefficient (Wildman–Crippen LogP) is -0.182. The largest absolute Gasteiger partial charge is 0.372 e. The highest BCUT2D eigenvalue weighted by Gasteiger charge is 2.26. The Kier molecular flexibility index (Phi) is 8.53. The molecule has 1 fully saturated rings. The van der Waals surface area contributed by atoms with Crippen LogP contribution in [0.15, 0.2) is 4.99 Å². The number of amides is 2. The van der Waals surface area contributed by atoms with Crippen LogP contribution in [0, 0.1) is 5.92 Å². The number of nitrogens with zero attached hydrogens (tertiary/aromatic N) is 2. The van der Waals surface area contributed by atoms with Crippen molar-refractivity contribution < 1.29 is 14.3 Å². The normalized spacial score (nSPS) is 21.9. The number of carbonyl (C=O) groups excluding carboxylic acids is 2. The second kappa shape index (κ2) is 10.1. The summed E-state index contributed by atoms with van der Waals surface area (Å²) in [5.74, 6) is -0.229. The Bertz CT molecular complexity index is 441. The molecule has 5 N–H and O–H groups in total. The van der Waals surface area contributed by atoms with Gasteiger partial charge in [-0.25, -0.2) is 0 Å². The summed E-state index contributed by atoms with van der Waals surface area (Å²) in [6, 6.07) is 0. The Labute approximate surface area is 144 Å². The fourth-order valence-corrected chi connectivity index (χ4v) is 2.87. The van der Waals surface area contributed by atoms with E-state index in [2.05, 4.69) is 10.3 Å². The number of guanidine groups is 1. The lowest BCUT2D eigenvalue weighted by Gasteiger charge is -2.35. The van der Waals surface area contributed by atoms with Gasteiger partial charge in [0.25, 0.3) is 0 Å². The van der Waals surface area contributed by atoms with Gasteiger partial charge in [0.2, 0.25) is 11.8 Å². The van der Waals surface area contributed by atoms with Gasteiger partial charge in [0.05, 0.1) is 18.8 Å². The summed E-state index contributed by atoms with van der Waals surface area (Å²) in [5.41, 5.74) is 10.5. The van der Waals surface area contributed by atoms with Crippen molar-refractivity contribution in [1.82, 2.24) is 10.2 Å². The van der Waals surface area contributed by atoms with E-state index in [1.54, 1.807) is 4.90 Å². The molecule has 24 heavy (non-hydrogen) atoms. The van der Waals surface area contributed by atoms with Crippen molar-refractivity contribution in [2.75, 3.05) is 26.2 Å². The number of hydrogen-bond donors (Lipinski definition) is 3. The quantitative estimate of drug-likeness (QED) is 0.321. The lowest BCUT2D eigenvalue weighted by atomic mass is 9.99. The first kappa shape index (κ1) is 20.2. The zero-order valence-corrected chi connectivity index (χ0v) is 15.0. The molecule has 0 bridgehead atoms. The first-order valence-electron chi connectivity index (χ1n) is 8.59. The molecule has 138 valence electrons. The van der Waals surface area contributed by atoms with Crippen LogP contribution in [0.3, 0.4) is 0 Å². The lowest BCUT2D eigenvalue weighted by molar-refractivity contribution is -0.143. The Morgan fingerprint density at radius 3 is 2.46 bits per heavy atom. The van der Waals surface area contributed by atoms with E-state index in [9.17, 15) is 9.59 Å². The third-order valence-electron chi connectivity index (χ3n) is 4.05. The van der Waals surface area contributed by atoms with Crippen LogP contribution in [-0.4, -0.2) is 61.1 Å². The standard InChI is InChI=1S/C16H31N5O3/c1-4-13(6-5-7-19-16(17)18)15(23)20-8-14(22)21-9-11(2)24-12(3)10-21/h11-13H,4-10H2,1-3H3,(H,20,23)(H4,17,18,19). The molecule has 0 aromatic rings. The van der Waals surface area contributed by atoms with Gasteiger partial charge in [-0.15, -0.1) is 0 Å². The third-order valence-corrected chi connectivity index (χ3v) is 4.05. The van der Waals surface area contributed by atoms with Crippen LogP contribution in [0.2, 0.25) is 0 Å². The lowest BCUT2D eigenvalue weighted by Crippen LogP contribution is -2.51. The zero-order valence-electron chi connectivity index (χ0n) is 15.0. The summed E-state index contributed by atoms with van der Waals surface area (Å²) in [7, 11) is 0. The average molecular weight is 341 g/mol. The second-order valence-electron chi connectivity index (χ2n) is 6.33. The highest BCUT2D eigenvalue weighted by molar-refractivity contribution is 5.85. The van der Waals surface area contributed by atoms with Crippen LogP contribution in [0.5, 0.6) is 0 Å². The van der Waals surface area contributed by atoms with Crippen molar-refractivity contribution >= 4 is 17.8 Å². The van der Waals surface area contributed by atoms with Crippen molar-refractivity contribution in [3.8, 4) is 0 Å². The topological polar surface area (TPSA) is 123 Å². The highest BCUT2D eigenvalue weighted by Crippen LogP contribution is 2.12. The van der Waals surface area contributed by atoms with Gasteiger partial charge in [0.15, 0.2) is 5.96 Å². The van der Waals surface area contributed by atoms with E-state index in [1.165, 1.54) is 0 Å². The minimum atomic E-state index is -0.130. The smallest absolute Gasteiger partial charge is 0.242 e. The minimum absolute atomic E-state index is 0.0207. The van der Waals surface area contributed by atoms with Crippen molar-refractivity contribution in [2.45, 2.75) is 52.2 Å². The second-order valence-corrected chi connectivity index (χ2v) is 6.33.